The highest BCUT2D eigenvalue weighted by molar-refractivity contribution is 5.28. The SMILES string of the molecule is NC1(c2nc3c([nH]2)CCCO3)CC1. The summed E-state index contributed by atoms with van der Waals surface area (Å²) in [4.78, 5) is 7.66. The first-order valence-corrected chi connectivity index (χ1v) is 4.79. The summed E-state index contributed by atoms with van der Waals surface area (Å²) < 4.78 is 5.43. The van der Waals surface area contributed by atoms with E-state index in [0.29, 0.717) is 0 Å². The molecule has 0 aromatic carbocycles. The lowest BCUT2D eigenvalue weighted by atomic mass is 10.2. The van der Waals surface area contributed by atoms with Crippen LogP contribution in [0.2, 0.25) is 0 Å². The van der Waals surface area contributed by atoms with Crippen molar-refractivity contribution in [1.29, 1.82) is 0 Å². The second-order valence-corrected chi connectivity index (χ2v) is 3.98. The number of aromatic nitrogens is 2. The van der Waals surface area contributed by atoms with Crippen LogP contribution in [0, 0.1) is 0 Å². The minimum Gasteiger partial charge on any atom is -0.476 e. The highest BCUT2D eigenvalue weighted by atomic mass is 16.5. The molecule has 0 amide bonds. The molecule has 1 aliphatic carbocycles. The molecule has 13 heavy (non-hydrogen) atoms. The molecule has 0 atom stereocenters. The molecule has 1 fully saturated rings. The smallest absolute Gasteiger partial charge is 0.235 e. The predicted molar refractivity (Wildman–Crippen MR) is 47.5 cm³/mol. The van der Waals surface area contributed by atoms with Gasteiger partial charge in [0, 0.05) is 0 Å². The fourth-order valence-corrected chi connectivity index (χ4v) is 1.71. The molecule has 1 aromatic rings. The maximum Gasteiger partial charge on any atom is 0.235 e. The van der Waals surface area contributed by atoms with E-state index in [9.17, 15) is 0 Å². The first-order chi connectivity index (χ1) is 6.28. The fraction of sp³-hybridized carbons (Fsp3) is 0.667. The van der Waals surface area contributed by atoms with Crippen molar-refractivity contribution in [1.82, 2.24) is 9.97 Å². The molecule has 4 nitrogen and oxygen atoms in total. The maximum atomic E-state index is 6.03. The quantitative estimate of drug-likeness (QED) is 0.666. The Morgan fingerprint density at radius 3 is 3.00 bits per heavy atom. The number of hydrogen-bond donors (Lipinski definition) is 2. The number of fused-ring (bicyclic) bond motifs is 1. The summed E-state index contributed by atoms with van der Waals surface area (Å²) in [6.07, 6.45) is 4.20. The van der Waals surface area contributed by atoms with Gasteiger partial charge in [0.25, 0.3) is 0 Å². The van der Waals surface area contributed by atoms with Crippen LogP contribution in [0.1, 0.15) is 30.8 Å². The lowest BCUT2D eigenvalue weighted by Crippen LogP contribution is -2.20. The van der Waals surface area contributed by atoms with Crippen LogP contribution in [0.25, 0.3) is 0 Å². The molecule has 3 N–H and O–H groups in total. The molecule has 4 heteroatoms. The summed E-state index contributed by atoms with van der Waals surface area (Å²) in [5.74, 6) is 1.69. The molecule has 0 bridgehead atoms. The highest BCUT2D eigenvalue weighted by Crippen LogP contribution is 2.42. The maximum absolute atomic E-state index is 6.03. The van der Waals surface area contributed by atoms with E-state index in [2.05, 4.69) is 9.97 Å². The van der Waals surface area contributed by atoms with E-state index in [4.69, 9.17) is 10.5 Å². The van der Waals surface area contributed by atoms with Crippen LogP contribution >= 0.6 is 0 Å². The van der Waals surface area contributed by atoms with E-state index in [0.717, 1.165) is 49.7 Å². The van der Waals surface area contributed by atoms with Gasteiger partial charge in [0.2, 0.25) is 5.88 Å². The number of aryl methyl sites for hydroxylation is 1. The summed E-state index contributed by atoms with van der Waals surface area (Å²) >= 11 is 0. The Kier molecular flexibility index (Phi) is 1.28. The van der Waals surface area contributed by atoms with E-state index in [1.165, 1.54) is 0 Å². The van der Waals surface area contributed by atoms with Crippen LogP contribution < -0.4 is 10.5 Å². The van der Waals surface area contributed by atoms with Crippen molar-refractivity contribution >= 4 is 0 Å². The Labute approximate surface area is 76.5 Å². The third-order valence-corrected chi connectivity index (χ3v) is 2.81. The number of nitrogens with two attached hydrogens (primary N) is 1. The van der Waals surface area contributed by atoms with Crippen LogP contribution in [0.4, 0.5) is 0 Å². The molecule has 2 aliphatic rings. The van der Waals surface area contributed by atoms with Crippen LogP contribution in [0.5, 0.6) is 5.88 Å². The standard InChI is InChI=1S/C9H13N3O/c10-9(3-4-9)8-11-6-2-1-5-13-7(6)12-8/h1-5,10H2,(H,11,12). The van der Waals surface area contributed by atoms with Crippen molar-refractivity contribution < 1.29 is 4.74 Å². The minimum absolute atomic E-state index is 0.166. The van der Waals surface area contributed by atoms with Gasteiger partial charge >= 0.3 is 0 Å². The third-order valence-electron chi connectivity index (χ3n) is 2.81. The monoisotopic (exact) mass is 179 g/mol. The fourth-order valence-electron chi connectivity index (χ4n) is 1.71. The molecule has 0 saturated heterocycles. The summed E-state index contributed by atoms with van der Waals surface area (Å²) in [6.45, 7) is 0.787. The van der Waals surface area contributed by atoms with Gasteiger partial charge in [-0.2, -0.15) is 4.98 Å². The third kappa shape index (κ3) is 1.05. The number of nitrogens with one attached hydrogen (secondary N) is 1. The number of rotatable bonds is 1. The van der Waals surface area contributed by atoms with Gasteiger partial charge < -0.3 is 15.5 Å². The molecule has 1 aliphatic heterocycles. The van der Waals surface area contributed by atoms with Crippen molar-refractivity contribution in [2.75, 3.05) is 6.61 Å². The van der Waals surface area contributed by atoms with Crippen molar-refractivity contribution in [3.8, 4) is 5.88 Å². The van der Waals surface area contributed by atoms with E-state index in [-0.39, 0.29) is 5.54 Å². The zero-order valence-corrected chi connectivity index (χ0v) is 7.47. The number of ether oxygens (including phenoxy) is 1. The van der Waals surface area contributed by atoms with Gasteiger partial charge in [0.1, 0.15) is 5.82 Å². The molecule has 1 aromatic heterocycles. The van der Waals surface area contributed by atoms with Crippen molar-refractivity contribution in [3.63, 3.8) is 0 Å². The largest absolute Gasteiger partial charge is 0.476 e. The first kappa shape index (κ1) is 7.38. The van der Waals surface area contributed by atoms with Gasteiger partial charge in [-0.25, -0.2) is 0 Å². The van der Waals surface area contributed by atoms with Gasteiger partial charge in [0.05, 0.1) is 17.8 Å². The van der Waals surface area contributed by atoms with E-state index in [1.807, 2.05) is 0 Å². The molecular weight excluding hydrogens is 166 g/mol. The lowest BCUT2D eigenvalue weighted by molar-refractivity contribution is 0.277. The van der Waals surface area contributed by atoms with Crippen molar-refractivity contribution in [3.05, 3.63) is 11.5 Å². The molecule has 0 spiro atoms. The molecule has 2 heterocycles. The predicted octanol–water partition coefficient (Wildman–Crippen LogP) is 0.682. The second-order valence-electron chi connectivity index (χ2n) is 3.98. The molecule has 0 radical (unpaired) electrons. The normalized spacial score (nSPS) is 23.5. The molecule has 3 rings (SSSR count). The summed E-state index contributed by atoms with van der Waals surface area (Å²) in [5, 5.41) is 0. The van der Waals surface area contributed by atoms with Crippen LogP contribution in [-0.4, -0.2) is 16.6 Å². The van der Waals surface area contributed by atoms with Gasteiger partial charge in [-0.1, -0.05) is 0 Å². The average molecular weight is 179 g/mol. The van der Waals surface area contributed by atoms with Gasteiger partial charge in [0.15, 0.2) is 0 Å². The molecule has 1 saturated carbocycles. The Morgan fingerprint density at radius 1 is 1.46 bits per heavy atom. The van der Waals surface area contributed by atoms with E-state index < -0.39 is 0 Å². The zero-order valence-electron chi connectivity index (χ0n) is 7.47. The number of imidazole rings is 1. The Balaban J connectivity index is 2.00. The summed E-state index contributed by atoms with van der Waals surface area (Å²) in [5.41, 5.74) is 6.99. The molecule has 70 valence electrons. The van der Waals surface area contributed by atoms with Crippen molar-refractivity contribution in [2.45, 2.75) is 31.2 Å². The number of aromatic amines is 1. The topological polar surface area (TPSA) is 63.9 Å². The number of nitrogens with zero attached hydrogens (tertiary/aromatic N) is 1. The molecular formula is C9H13N3O. The van der Waals surface area contributed by atoms with Crippen molar-refractivity contribution in [2.24, 2.45) is 5.73 Å². The molecule has 0 unspecified atom stereocenters. The number of hydrogen-bond acceptors (Lipinski definition) is 3. The van der Waals surface area contributed by atoms with Gasteiger partial charge in [-0.05, 0) is 25.7 Å². The lowest BCUT2D eigenvalue weighted by Gasteiger charge is -2.09. The highest BCUT2D eigenvalue weighted by Gasteiger charge is 2.43. The number of H-pyrrole nitrogens is 1. The van der Waals surface area contributed by atoms with E-state index in [1.54, 1.807) is 0 Å². The second kappa shape index (κ2) is 2.26. The summed E-state index contributed by atoms with van der Waals surface area (Å²) in [7, 11) is 0. The van der Waals surface area contributed by atoms with Crippen LogP contribution in [0.3, 0.4) is 0 Å². The summed E-state index contributed by atoms with van der Waals surface area (Å²) in [6, 6.07) is 0. The first-order valence-electron chi connectivity index (χ1n) is 4.79. The van der Waals surface area contributed by atoms with Gasteiger partial charge in [-0.15, -0.1) is 0 Å². The average Bonchev–Trinajstić information content (AvgIpc) is 2.76. The van der Waals surface area contributed by atoms with E-state index >= 15 is 0 Å². The Morgan fingerprint density at radius 2 is 2.31 bits per heavy atom. The minimum atomic E-state index is -0.166. The zero-order chi connectivity index (χ0) is 8.89. The Bertz CT molecular complexity index is 317. The van der Waals surface area contributed by atoms with Crippen LogP contribution in [-0.2, 0) is 12.0 Å². The van der Waals surface area contributed by atoms with Crippen LogP contribution in [0.15, 0.2) is 0 Å². The van der Waals surface area contributed by atoms with Gasteiger partial charge in [-0.3, -0.25) is 0 Å². The Hall–Kier alpha value is -1.03.